The summed E-state index contributed by atoms with van der Waals surface area (Å²) >= 11 is 0. The van der Waals surface area contributed by atoms with Gasteiger partial charge in [-0.1, -0.05) is 12.1 Å². The summed E-state index contributed by atoms with van der Waals surface area (Å²) in [7, 11) is -2.84. The molecule has 0 saturated heterocycles. The van der Waals surface area contributed by atoms with Crippen LogP contribution in [0, 0.1) is 13.8 Å². The van der Waals surface area contributed by atoms with Crippen molar-refractivity contribution in [1.82, 2.24) is 9.97 Å². The Morgan fingerprint density at radius 2 is 1.78 bits per heavy atom. The third-order valence-electron chi connectivity index (χ3n) is 6.02. The molecule has 3 aromatic rings. The van der Waals surface area contributed by atoms with Crippen LogP contribution in [0.25, 0.3) is 10.9 Å². The maximum atomic E-state index is 13.5. The van der Waals surface area contributed by atoms with Crippen molar-refractivity contribution in [1.29, 1.82) is 0 Å². The van der Waals surface area contributed by atoms with E-state index >= 15 is 0 Å². The van der Waals surface area contributed by atoms with E-state index in [0.29, 0.717) is 39.1 Å². The number of esters is 1. The Hall–Kier alpha value is -3.13. The molecule has 2 N–H and O–H groups in total. The van der Waals surface area contributed by atoms with Crippen LogP contribution in [0.1, 0.15) is 49.3 Å². The Morgan fingerprint density at radius 1 is 1.11 bits per heavy atom. The molecular weight excluding hydrogens is 504 g/mol. The molecule has 0 bridgehead atoms. The molecular formula is C26H32F3N4O3P. The normalized spacial score (nSPS) is 13.8. The molecule has 200 valence electrons. The predicted octanol–water partition coefficient (Wildman–Crippen LogP) is 6.05. The number of nitrogens with zero attached hydrogens (tertiary/aromatic N) is 2. The summed E-state index contributed by atoms with van der Waals surface area (Å²) in [5.74, 6) is 0.407. The number of fused-ring (bicyclic) bond motifs is 1. The minimum Gasteiger partial charge on any atom is -0.464 e. The maximum Gasteiger partial charge on any atom is 0.416 e. The number of nitrogens with one attached hydrogen (secondary N) is 2. The number of aryl methyl sites for hydroxylation is 1. The third-order valence-corrected chi connectivity index (χ3v) is 7.55. The Kier molecular flexibility index (Phi) is 8.22. The zero-order chi connectivity index (χ0) is 27.7. The largest absolute Gasteiger partial charge is 0.464 e. The van der Waals surface area contributed by atoms with Crippen molar-refractivity contribution in [2.75, 3.05) is 30.6 Å². The molecule has 1 aromatic heterocycles. The van der Waals surface area contributed by atoms with E-state index in [1.54, 1.807) is 59.2 Å². The van der Waals surface area contributed by atoms with Crippen LogP contribution < -0.4 is 15.9 Å². The molecule has 2 aromatic carbocycles. The molecule has 7 nitrogen and oxygen atoms in total. The summed E-state index contributed by atoms with van der Waals surface area (Å²) < 4.78 is 58.7. The molecule has 0 radical (unpaired) electrons. The minimum atomic E-state index is -4.46. The fraction of sp³-hybridized carbons (Fsp3) is 0.423. The number of hydrogen-bond acceptors (Lipinski definition) is 7. The van der Waals surface area contributed by atoms with Gasteiger partial charge in [0.15, 0.2) is 0 Å². The third kappa shape index (κ3) is 6.42. The number of halogens is 3. The second-order valence-electron chi connectivity index (χ2n) is 9.36. The van der Waals surface area contributed by atoms with Gasteiger partial charge in [0.25, 0.3) is 0 Å². The number of alkyl halides is 3. The number of anilines is 2. The van der Waals surface area contributed by atoms with Gasteiger partial charge in [-0.15, -0.1) is 0 Å². The van der Waals surface area contributed by atoms with Crippen LogP contribution in [0.15, 0.2) is 30.3 Å². The Morgan fingerprint density at radius 3 is 2.38 bits per heavy atom. The van der Waals surface area contributed by atoms with Crippen LogP contribution in [0.2, 0.25) is 0 Å². The first-order valence-corrected chi connectivity index (χ1v) is 14.5. The van der Waals surface area contributed by atoms with Gasteiger partial charge >= 0.3 is 12.1 Å². The number of carbonyl (C=O) groups is 1. The van der Waals surface area contributed by atoms with Gasteiger partial charge in [0, 0.05) is 16.4 Å². The van der Waals surface area contributed by atoms with Crippen LogP contribution in [0.4, 0.5) is 24.7 Å². The summed E-state index contributed by atoms with van der Waals surface area (Å²) in [5, 5.41) is 7.39. The minimum absolute atomic E-state index is 0.136. The van der Waals surface area contributed by atoms with Gasteiger partial charge in [0.2, 0.25) is 0 Å². The topological polar surface area (TPSA) is 93.2 Å². The summed E-state index contributed by atoms with van der Waals surface area (Å²) in [6.45, 7) is 11.8. The lowest BCUT2D eigenvalue weighted by Crippen LogP contribution is -2.30. The highest BCUT2D eigenvalue weighted by molar-refractivity contribution is 7.70. The molecule has 1 heterocycles. The van der Waals surface area contributed by atoms with Crippen molar-refractivity contribution in [3.8, 4) is 0 Å². The molecule has 0 aliphatic heterocycles. The maximum absolute atomic E-state index is 13.5. The zero-order valence-electron chi connectivity index (χ0n) is 21.9. The van der Waals surface area contributed by atoms with Crippen molar-refractivity contribution in [3.63, 3.8) is 0 Å². The van der Waals surface area contributed by atoms with Crippen LogP contribution in [0.5, 0.6) is 0 Å². The number of benzene rings is 2. The van der Waals surface area contributed by atoms with E-state index in [1.807, 2.05) is 0 Å². The van der Waals surface area contributed by atoms with E-state index in [1.165, 1.54) is 13.0 Å². The summed E-state index contributed by atoms with van der Waals surface area (Å²) in [6.07, 6.45) is -4.46. The summed E-state index contributed by atoms with van der Waals surface area (Å²) in [5.41, 5.74) is 0.953. The van der Waals surface area contributed by atoms with Crippen molar-refractivity contribution in [3.05, 3.63) is 52.8 Å². The lowest BCUT2D eigenvalue weighted by molar-refractivity contribution is -0.143. The number of carbonyl (C=O) groups excluding carboxylic acids is 1. The van der Waals surface area contributed by atoms with E-state index in [0.717, 1.165) is 6.07 Å². The first-order chi connectivity index (χ1) is 17.1. The molecule has 11 heteroatoms. The number of ether oxygens (including phenoxy) is 1. The van der Waals surface area contributed by atoms with Gasteiger partial charge < -0.3 is 19.9 Å². The zero-order valence-corrected chi connectivity index (χ0v) is 22.8. The van der Waals surface area contributed by atoms with Crippen LogP contribution in [-0.4, -0.2) is 41.9 Å². The quantitative estimate of drug-likeness (QED) is 0.267. The van der Waals surface area contributed by atoms with E-state index in [4.69, 9.17) is 4.74 Å². The lowest BCUT2D eigenvalue weighted by atomic mass is 9.97. The Balaban J connectivity index is 2.10. The van der Waals surface area contributed by atoms with Crippen molar-refractivity contribution in [2.45, 2.75) is 52.9 Å². The molecule has 0 amide bonds. The van der Waals surface area contributed by atoms with Crippen LogP contribution in [-0.2, 0) is 20.3 Å². The second-order valence-corrected chi connectivity index (χ2v) is 12.5. The lowest BCUT2D eigenvalue weighted by Gasteiger charge is -2.23. The van der Waals surface area contributed by atoms with Crippen molar-refractivity contribution in [2.24, 2.45) is 0 Å². The van der Waals surface area contributed by atoms with Crippen LogP contribution in [0.3, 0.4) is 0 Å². The fourth-order valence-corrected chi connectivity index (χ4v) is 5.37. The standard InChI is InChI=1S/C26H32F3N4O3P/c1-8-36-25(34)16(4)30-22-13-21-19(12-23(22)37(6,7)35)24(33-17(5)32-21)31-15(3)18-10-9-11-20(14(18)2)26(27,28)29/h9-13,15-16,30H,8H2,1-7H3,(H,31,32,33)/t15-,16+/m1/s1. The van der Waals surface area contributed by atoms with E-state index in [-0.39, 0.29) is 12.2 Å². The van der Waals surface area contributed by atoms with Gasteiger partial charge in [0.05, 0.1) is 23.7 Å². The van der Waals surface area contributed by atoms with Gasteiger partial charge in [-0.2, -0.15) is 13.2 Å². The van der Waals surface area contributed by atoms with Gasteiger partial charge in [0.1, 0.15) is 24.8 Å². The average molecular weight is 537 g/mol. The predicted molar refractivity (Wildman–Crippen MR) is 141 cm³/mol. The van der Waals surface area contributed by atoms with E-state index in [2.05, 4.69) is 20.6 Å². The number of hydrogen-bond donors (Lipinski definition) is 2. The average Bonchev–Trinajstić information content (AvgIpc) is 2.77. The SMILES string of the molecule is CCOC(=O)[C@H](C)Nc1cc2nc(C)nc(N[C@H](C)c3cccc(C(F)(F)F)c3C)c2cc1P(C)(C)=O. The Labute approximate surface area is 214 Å². The van der Waals surface area contributed by atoms with Crippen LogP contribution >= 0.6 is 7.14 Å². The van der Waals surface area contributed by atoms with Crippen molar-refractivity contribution < 1.29 is 27.3 Å². The summed E-state index contributed by atoms with van der Waals surface area (Å²) in [4.78, 5) is 21.2. The van der Waals surface area contributed by atoms with Gasteiger partial charge in [-0.3, -0.25) is 0 Å². The number of aromatic nitrogens is 2. The fourth-order valence-electron chi connectivity index (χ4n) is 4.22. The number of rotatable bonds is 8. The summed E-state index contributed by atoms with van der Waals surface area (Å²) in [6, 6.07) is 6.32. The molecule has 0 fully saturated rings. The molecule has 0 unspecified atom stereocenters. The highest BCUT2D eigenvalue weighted by Gasteiger charge is 2.33. The van der Waals surface area contributed by atoms with E-state index < -0.39 is 36.9 Å². The molecule has 37 heavy (non-hydrogen) atoms. The highest BCUT2D eigenvalue weighted by atomic mass is 31.2. The van der Waals surface area contributed by atoms with Gasteiger partial charge in [-0.25, -0.2) is 14.8 Å². The molecule has 0 aliphatic rings. The van der Waals surface area contributed by atoms with E-state index in [9.17, 15) is 22.5 Å². The Bertz CT molecular complexity index is 1370. The molecule has 2 atom stereocenters. The smallest absolute Gasteiger partial charge is 0.416 e. The molecule has 0 aliphatic carbocycles. The second kappa shape index (κ2) is 10.7. The monoisotopic (exact) mass is 536 g/mol. The molecule has 3 rings (SSSR count). The molecule has 0 saturated carbocycles. The highest BCUT2D eigenvalue weighted by Crippen LogP contribution is 2.41. The molecule has 0 spiro atoms. The first kappa shape index (κ1) is 28.4. The first-order valence-electron chi connectivity index (χ1n) is 11.9. The van der Waals surface area contributed by atoms with Crippen molar-refractivity contribution >= 4 is 40.8 Å². The van der Waals surface area contributed by atoms with Gasteiger partial charge in [-0.05, 0) is 77.3 Å².